The summed E-state index contributed by atoms with van der Waals surface area (Å²) in [6.07, 6.45) is -1.43. The lowest BCUT2D eigenvalue weighted by molar-refractivity contribution is -0.138. The average Bonchev–Trinajstić information content (AvgIpc) is 3.30. The van der Waals surface area contributed by atoms with E-state index >= 15 is 0 Å². The summed E-state index contributed by atoms with van der Waals surface area (Å²) in [7, 11) is 1.48. The quantitative estimate of drug-likeness (QED) is 0.448. The number of nitrogens with zero attached hydrogens (tertiary/aromatic N) is 3. The molecule has 1 aliphatic heterocycles. The van der Waals surface area contributed by atoms with Gasteiger partial charge < -0.3 is 10.5 Å². The SMILES string of the molecule is COCC(N)CN1C(=O)SC(=Cc2ccc3c(cnn3Cc3ccc(Cl)cc3C(F)(F)F)c2)C1=O. The Hall–Kier alpha value is -2.86. The number of thioether (sulfide) groups is 1. The fourth-order valence-corrected chi connectivity index (χ4v) is 4.76. The van der Waals surface area contributed by atoms with Crippen LogP contribution in [0, 0.1) is 0 Å². The summed E-state index contributed by atoms with van der Waals surface area (Å²) in [4.78, 5) is 26.3. The van der Waals surface area contributed by atoms with Gasteiger partial charge in [0.05, 0.1) is 35.3 Å². The van der Waals surface area contributed by atoms with Gasteiger partial charge in [-0.3, -0.25) is 19.2 Å². The Morgan fingerprint density at radius 2 is 2.00 bits per heavy atom. The van der Waals surface area contributed by atoms with E-state index in [0.717, 1.165) is 22.7 Å². The van der Waals surface area contributed by atoms with E-state index in [0.29, 0.717) is 16.5 Å². The van der Waals surface area contributed by atoms with Crippen LogP contribution in [0.1, 0.15) is 16.7 Å². The summed E-state index contributed by atoms with van der Waals surface area (Å²) in [5.74, 6) is -0.440. The second-order valence-corrected chi connectivity index (χ2v) is 9.36. The van der Waals surface area contributed by atoms with Gasteiger partial charge in [0.2, 0.25) is 0 Å². The van der Waals surface area contributed by atoms with Crippen molar-refractivity contribution in [2.24, 2.45) is 5.73 Å². The molecule has 1 fully saturated rings. The Labute approximate surface area is 207 Å². The first-order valence-electron chi connectivity index (χ1n) is 10.4. The number of carbonyl (C=O) groups excluding carboxylic acids is 2. The lowest BCUT2D eigenvalue weighted by Crippen LogP contribution is -2.42. The molecular formula is C23H20ClF3N4O3S. The fourth-order valence-electron chi connectivity index (χ4n) is 3.74. The third-order valence-electron chi connectivity index (χ3n) is 5.33. The Morgan fingerprint density at radius 3 is 2.71 bits per heavy atom. The Kier molecular flexibility index (Phi) is 7.22. The number of fused-ring (bicyclic) bond motifs is 1. The molecule has 1 atom stereocenters. The summed E-state index contributed by atoms with van der Waals surface area (Å²) < 4.78 is 46.8. The van der Waals surface area contributed by atoms with Crippen molar-refractivity contribution in [3.8, 4) is 0 Å². The van der Waals surface area contributed by atoms with E-state index in [2.05, 4.69) is 5.10 Å². The first kappa shape index (κ1) is 25.2. The van der Waals surface area contributed by atoms with Crippen molar-refractivity contribution in [2.45, 2.75) is 18.8 Å². The molecule has 12 heteroatoms. The predicted octanol–water partition coefficient (Wildman–Crippen LogP) is 4.77. The molecule has 1 saturated heterocycles. The van der Waals surface area contributed by atoms with E-state index in [1.165, 1.54) is 30.1 Å². The first-order chi connectivity index (χ1) is 16.6. The number of halogens is 4. The highest BCUT2D eigenvalue weighted by Crippen LogP contribution is 2.35. The monoisotopic (exact) mass is 524 g/mol. The zero-order valence-corrected chi connectivity index (χ0v) is 20.0. The van der Waals surface area contributed by atoms with Gasteiger partial charge in [0.25, 0.3) is 11.1 Å². The number of benzene rings is 2. The molecule has 0 radical (unpaired) electrons. The molecule has 35 heavy (non-hydrogen) atoms. The lowest BCUT2D eigenvalue weighted by atomic mass is 10.1. The summed E-state index contributed by atoms with van der Waals surface area (Å²) in [6, 6.07) is 8.31. The van der Waals surface area contributed by atoms with E-state index in [9.17, 15) is 22.8 Å². The van der Waals surface area contributed by atoms with E-state index < -0.39 is 28.9 Å². The number of hydrogen-bond donors (Lipinski definition) is 1. The van der Waals surface area contributed by atoms with Crippen molar-refractivity contribution in [3.05, 3.63) is 69.2 Å². The Bertz CT molecular complexity index is 1330. The van der Waals surface area contributed by atoms with E-state index in [1.54, 1.807) is 24.3 Å². The number of carbonyl (C=O) groups is 2. The Morgan fingerprint density at radius 1 is 1.23 bits per heavy atom. The Balaban J connectivity index is 1.57. The largest absolute Gasteiger partial charge is 0.416 e. The van der Waals surface area contributed by atoms with Gasteiger partial charge in [-0.15, -0.1) is 0 Å². The highest BCUT2D eigenvalue weighted by molar-refractivity contribution is 8.18. The number of amides is 2. The number of rotatable bonds is 7. The highest BCUT2D eigenvalue weighted by atomic mass is 35.5. The molecule has 4 rings (SSSR count). The summed E-state index contributed by atoms with van der Waals surface area (Å²) >= 11 is 6.58. The maximum atomic E-state index is 13.4. The molecule has 2 N–H and O–H groups in total. The molecule has 0 saturated carbocycles. The number of ether oxygens (including phenoxy) is 1. The van der Waals surface area contributed by atoms with Crippen molar-refractivity contribution >= 4 is 51.5 Å². The smallest absolute Gasteiger partial charge is 0.383 e. The minimum absolute atomic E-state index is 0.00105. The molecule has 0 aliphatic carbocycles. The molecule has 2 amide bonds. The van der Waals surface area contributed by atoms with Crippen LogP contribution in [-0.2, 0) is 22.3 Å². The molecule has 3 aromatic rings. The number of alkyl halides is 3. The van der Waals surface area contributed by atoms with Crippen LogP contribution in [0.15, 0.2) is 47.5 Å². The van der Waals surface area contributed by atoms with Crippen molar-refractivity contribution in [1.29, 1.82) is 0 Å². The van der Waals surface area contributed by atoms with Crippen LogP contribution in [0.4, 0.5) is 18.0 Å². The van der Waals surface area contributed by atoms with Gasteiger partial charge in [-0.2, -0.15) is 18.3 Å². The van der Waals surface area contributed by atoms with Gasteiger partial charge in [-0.1, -0.05) is 23.7 Å². The molecule has 7 nitrogen and oxygen atoms in total. The summed E-state index contributed by atoms with van der Waals surface area (Å²) in [5.41, 5.74) is 6.35. The van der Waals surface area contributed by atoms with Gasteiger partial charge >= 0.3 is 6.18 Å². The second-order valence-electron chi connectivity index (χ2n) is 7.93. The van der Waals surface area contributed by atoms with Crippen molar-refractivity contribution < 1.29 is 27.5 Å². The molecule has 1 aromatic heterocycles. The minimum Gasteiger partial charge on any atom is -0.383 e. The van der Waals surface area contributed by atoms with Crippen molar-refractivity contribution in [3.63, 3.8) is 0 Å². The number of imide groups is 1. The highest BCUT2D eigenvalue weighted by Gasteiger charge is 2.36. The zero-order valence-electron chi connectivity index (χ0n) is 18.4. The maximum Gasteiger partial charge on any atom is 0.416 e. The van der Waals surface area contributed by atoms with Crippen LogP contribution in [-0.4, -0.2) is 52.1 Å². The first-order valence-corrected chi connectivity index (χ1v) is 11.6. The van der Waals surface area contributed by atoms with E-state index in [4.69, 9.17) is 22.1 Å². The van der Waals surface area contributed by atoms with Crippen LogP contribution in [0.2, 0.25) is 5.02 Å². The number of nitrogens with two attached hydrogens (primary N) is 1. The maximum absolute atomic E-state index is 13.4. The van der Waals surface area contributed by atoms with Gasteiger partial charge in [-0.25, -0.2) is 0 Å². The van der Waals surface area contributed by atoms with Crippen LogP contribution in [0.3, 0.4) is 0 Å². The van der Waals surface area contributed by atoms with Crippen LogP contribution in [0.25, 0.3) is 17.0 Å². The normalized spacial score (nSPS) is 16.6. The molecule has 2 aromatic carbocycles. The molecule has 0 spiro atoms. The molecule has 1 aliphatic rings. The lowest BCUT2D eigenvalue weighted by Gasteiger charge is -2.17. The van der Waals surface area contributed by atoms with Gasteiger partial charge in [0, 0.05) is 30.1 Å². The number of hydrogen-bond acceptors (Lipinski definition) is 6. The third kappa shape index (κ3) is 5.53. The van der Waals surface area contributed by atoms with Crippen LogP contribution < -0.4 is 5.73 Å². The predicted molar refractivity (Wildman–Crippen MR) is 128 cm³/mol. The molecule has 184 valence electrons. The van der Waals surface area contributed by atoms with E-state index in [-0.39, 0.29) is 35.2 Å². The van der Waals surface area contributed by atoms with Gasteiger partial charge in [0.1, 0.15) is 0 Å². The van der Waals surface area contributed by atoms with Gasteiger partial charge in [-0.05, 0) is 53.2 Å². The van der Waals surface area contributed by atoms with Crippen molar-refractivity contribution in [1.82, 2.24) is 14.7 Å². The molecule has 1 unspecified atom stereocenters. The summed E-state index contributed by atoms with van der Waals surface area (Å²) in [5, 5.41) is 4.49. The minimum atomic E-state index is -4.55. The number of methoxy groups -OCH3 is 1. The van der Waals surface area contributed by atoms with Crippen LogP contribution >= 0.6 is 23.4 Å². The number of aromatic nitrogens is 2. The van der Waals surface area contributed by atoms with Crippen LogP contribution in [0.5, 0.6) is 0 Å². The summed E-state index contributed by atoms with van der Waals surface area (Å²) in [6.45, 7) is 0.156. The molecular weight excluding hydrogens is 505 g/mol. The topological polar surface area (TPSA) is 90.4 Å². The fraction of sp³-hybridized carbons (Fsp3) is 0.261. The molecule has 2 heterocycles. The zero-order chi connectivity index (χ0) is 25.3. The average molecular weight is 525 g/mol. The van der Waals surface area contributed by atoms with Gasteiger partial charge in [0.15, 0.2) is 0 Å². The van der Waals surface area contributed by atoms with Crippen molar-refractivity contribution in [2.75, 3.05) is 20.3 Å². The molecule has 0 bridgehead atoms. The standard InChI is InChI=1S/C23H20ClF3N4O3S/c1-34-12-17(28)11-30-21(32)20(35-22(30)33)7-13-2-5-19-15(6-13)9-29-31(19)10-14-3-4-16(24)8-18(14)23(25,26)27/h2-9,17H,10-12,28H2,1H3. The van der Waals surface area contributed by atoms with E-state index in [1.807, 2.05) is 0 Å². The third-order valence-corrected chi connectivity index (χ3v) is 6.47. The second kappa shape index (κ2) is 10.0.